The summed E-state index contributed by atoms with van der Waals surface area (Å²) in [6.45, 7) is -2.57. The number of rotatable bonds is 5. The van der Waals surface area contributed by atoms with Gasteiger partial charge in [-0.05, 0) is 27.1 Å². The molecule has 0 saturated heterocycles. The Morgan fingerprint density at radius 2 is 1.88 bits per heavy atom. The number of hydrogen-bond acceptors (Lipinski definition) is 2. The van der Waals surface area contributed by atoms with Crippen LogP contribution in [0.5, 0.6) is 5.75 Å². The van der Waals surface area contributed by atoms with Gasteiger partial charge in [0, 0.05) is 6.54 Å². The minimum absolute atomic E-state index is 0.0787. The largest absolute Gasteiger partial charge is 0.513 e. The van der Waals surface area contributed by atoms with Crippen LogP contribution in [0.15, 0.2) is 18.2 Å². The molecule has 0 radical (unpaired) electrons. The van der Waals surface area contributed by atoms with Crippen molar-refractivity contribution in [1.82, 2.24) is 4.90 Å². The molecule has 0 aliphatic rings. The van der Waals surface area contributed by atoms with Crippen LogP contribution in [-0.4, -0.2) is 39.1 Å². The van der Waals surface area contributed by atoms with Gasteiger partial charge in [-0.25, -0.2) is 0 Å². The Hall–Kier alpha value is -1.17. The summed E-state index contributed by atoms with van der Waals surface area (Å²) in [7, 11) is 3.68. The summed E-state index contributed by atoms with van der Waals surface area (Å²) in [6, 6.07) is 4.14. The van der Waals surface area contributed by atoms with Crippen LogP contribution >= 0.6 is 0 Å². The number of hydrogen-bond donors (Lipinski definition) is 0. The van der Waals surface area contributed by atoms with Crippen LogP contribution in [0.3, 0.4) is 0 Å². The van der Waals surface area contributed by atoms with Gasteiger partial charge in [0.05, 0.1) is 5.75 Å². The molecule has 1 aromatic rings. The Morgan fingerprint density at radius 1 is 1.24 bits per heavy atom. The maximum absolute atomic E-state index is 12.8. The highest BCUT2D eigenvalue weighted by Gasteiger charge is 2.29. The minimum Gasteiger partial charge on any atom is -0.495 e. The average Bonchev–Trinajstić information content (AvgIpc) is 2.18. The van der Waals surface area contributed by atoms with Crippen LogP contribution in [0, 0.1) is 6.92 Å². The SMILES string of the molecule is Cc1ccc(OCCN(C)C)c([B-](F)(F)F)c1. The first-order valence-electron chi connectivity index (χ1n) is 5.38. The first-order chi connectivity index (χ1) is 7.80. The van der Waals surface area contributed by atoms with Crippen molar-refractivity contribution in [2.45, 2.75) is 6.92 Å². The van der Waals surface area contributed by atoms with Gasteiger partial charge >= 0.3 is 6.98 Å². The number of ether oxygens (including phenoxy) is 1. The number of likely N-dealkylation sites (N-methyl/N-ethyl adjacent to an activating group) is 1. The summed E-state index contributed by atoms with van der Waals surface area (Å²) in [5.41, 5.74) is -0.0667. The number of aryl methyl sites for hydroxylation is 1. The minimum atomic E-state index is -5.03. The fraction of sp³-hybridized carbons (Fsp3) is 0.455. The van der Waals surface area contributed by atoms with Gasteiger partial charge < -0.3 is 22.6 Å². The predicted molar refractivity (Wildman–Crippen MR) is 63.9 cm³/mol. The highest BCUT2D eigenvalue weighted by molar-refractivity contribution is 6.74. The summed E-state index contributed by atoms with van der Waals surface area (Å²) in [5, 5.41) is 0. The Kier molecular flexibility index (Phi) is 4.45. The standard InChI is InChI=1S/C11H16BF3NO/c1-9-4-5-11(17-7-6-16(2)3)10(8-9)12(13,14)15/h4-5,8H,6-7H2,1-3H3/q-1. The second kappa shape index (κ2) is 5.45. The van der Waals surface area contributed by atoms with Crippen molar-refractivity contribution in [1.29, 1.82) is 0 Å². The molecule has 1 rings (SSSR count). The summed E-state index contributed by atoms with van der Waals surface area (Å²) < 4.78 is 43.5. The van der Waals surface area contributed by atoms with Gasteiger partial charge in [-0.15, -0.1) is 0 Å². The van der Waals surface area contributed by atoms with Gasteiger partial charge in [0.2, 0.25) is 0 Å². The normalized spacial score (nSPS) is 11.9. The predicted octanol–water partition coefficient (Wildman–Crippen LogP) is 1.99. The van der Waals surface area contributed by atoms with Crippen LogP contribution in [0.1, 0.15) is 5.56 Å². The third-order valence-electron chi connectivity index (χ3n) is 2.31. The Balaban J connectivity index is 2.84. The number of benzene rings is 1. The van der Waals surface area contributed by atoms with Gasteiger partial charge in [0.25, 0.3) is 0 Å². The van der Waals surface area contributed by atoms with Crippen molar-refractivity contribution >= 4 is 12.4 Å². The van der Waals surface area contributed by atoms with E-state index in [1.807, 2.05) is 19.0 Å². The van der Waals surface area contributed by atoms with E-state index in [1.165, 1.54) is 6.07 Å². The summed E-state index contributed by atoms with van der Waals surface area (Å²) in [5.74, 6) is -0.0787. The summed E-state index contributed by atoms with van der Waals surface area (Å²) in [4.78, 5) is 1.85. The van der Waals surface area contributed by atoms with Gasteiger partial charge in [-0.3, -0.25) is 0 Å². The zero-order chi connectivity index (χ0) is 13.1. The van der Waals surface area contributed by atoms with Crippen LogP contribution in [0.25, 0.3) is 0 Å². The lowest BCUT2D eigenvalue weighted by Crippen LogP contribution is -2.36. The third kappa shape index (κ3) is 4.30. The molecule has 0 aromatic heterocycles. The van der Waals surface area contributed by atoms with E-state index in [2.05, 4.69) is 0 Å². The Morgan fingerprint density at radius 3 is 2.41 bits per heavy atom. The lowest BCUT2D eigenvalue weighted by molar-refractivity contribution is 0.262. The lowest BCUT2D eigenvalue weighted by atomic mass is 9.78. The molecule has 0 fully saturated rings. The van der Waals surface area contributed by atoms with E-state index < -0.39 is 12.4 Å². The molecule has 0 spiro atoms. The molecule has 1 aromatic carbocycles. The molecule has 0 unspecified atom stereocenters. The van der Waals surface area contributed by atoms with Crippen LogP contribution < -0.4 is 10.2 Å². The third-order valence-corrected chi connectivity index (χ3v) is 2.31. The molecule has 96 valence electrons. The monoisotopic (exact) mass is 246 g/mol. The molecule has 0 amide bonds. The quantitative estimate of drug-likeness (QED) is 0.736. The topological polar surface area (TPSA) is 12.5 Å². The van der Waals surface area contributed by atoms with Crippen molar-refractivity contribution in [3.8, 4) is 5.75 Å². The summed E-state index contributed by atoms with van der Waals surface area (Å²) >= 11 is 0. The molecular weight excluding hydrogens is 230 g/mol. The van der Waals surface area contributed by atoms with E-state index in [9.17, 15) is 12.9 Å². The van der Waals surface area contributed by atoms with Gasteiger partial charge in [-0.2, -0.15) is 0 Å². The van der Waals surface area contributed by atoms with E-state index in [4.69, 9.17) is 4.74 Å². The molecule has 0 bridgehead atoms. The lowest BCUT2D eigenvalue weighted by Gasteiger charge is -2.21. The smallest absolute Gasteiger partial charge is 0.495 e. The zero-order valence-electron chi connectivity index (χ0n) is 10.2. The van der Waals surface area contributed by atoms with Crippen LogP contribution in [0.2, 0.25) is 0 Å². The van der Waals surface area contributed by atoms with Crippen molar-refractivity contribution in [2.24, 2.45) is 0 Å². The first kappa shape index (κ1) is 13.9. The van der Waals surface area contributed by atoms with Gasteiger partial charge in [-0.1, -0.05) is 23.2 Å². The fourth-order valence-electron chi connectivity index (χ4n) is 1.39. The molecule has 0 saturated carbocycles. The van der Waals surface area contributed by atoms with Crippen LogP contribution in [-0.2, 0) is 0 Å². The molecule has 0 heterocycles. The van der Waals surface area contributed by atoms with Crippen molar-refractivity contribution < 1.29 is 17.7 Å². The molecular formula is C11H16BF3NO-. The Labute approximate surface area is 99.4 Å². The molecule has 17 heavy (non-hydrogen) atoms. The highest BCUT2D eigenvalue weighted by atomic mass is 19.4. The summed E-state index contributed by atoms with van der Waals surface area (Å²) in [6.07, 6.45) is 0. The van der Waals surface area contributed by atoms with Gasteiger partial charge in [0.1, 0.15) is 6.61 Å². The number of halogens is 3. The second-order valence-corrected chi connectivity index (χ2v) is 4.27. The van der Waals surface area contributed by atoms with Crippen molar-refractivity contribution in [3.63, 3.8) is 0 Å². The molecule has 0 aliphatic heterocycles. The van der Waals surface area contributed by atoms with E-state index in [-0.39, 0.29) is 12.4 Å². The Bertz CT molecular complexity index is 379. The second-order valence-electron chi connectivity index (χ2n) is 4.27. The maximum Gasteiger partial charge on any atom is 0.513 e. The van der Waals surface area contributed by atoms with E-state index in [0.717, 1.165) is 6.07 Å². The van der Waals surface area contributed by atoms with Crippen molar-refractivity contribution in [2.75, 3.05) is 27.2 Å². The van der Waals surface area contributed by atoms with E-state index >= 15 is 0 Å². The van der Waals surface area contributed by atoms with Gasteiger partial charge in [0.15, 0.2) is 0 Å². The molecule has 2 nitrogen and oxygen atoms in total. The molecule has 6 heteroatoms. The fourth-order valence-corrected chi connectivity index (χ4v) is 1.39. The van der Waals surface area contributed by atoms with E-state index in [0.29, 0.717) is 12.1 Å². The highest BCUT2D eigenvalue weighted by Crippen LogP contribution is 2.18. The first-order valence-corrected chi connectivity index (χ1v) is 5.38. The van der Waals surface area contributed by atoms with Crippen LogP contribution in [0.4, 0.5) is 12.9 Å². The average molecular weight is 246 g/mol. The number of nitrogens with zero attached hydrogens (tertiary/aromatic N) is 1. The van der Waals surface area contributed by atoms with Crippen molar-refractivity contribution in [3.05, 3.63) is 23.8 Å². The zero-order valence-corrected chi connectivity index (χ0v) is 10.2. The molecule has 0 N–H and O–H groups in total. The molecule has 0 atom stereocenters. The maximum atomic E-state index is 12.8. The molecule has 0 aliphatic carbocycles. The van der Waals surface area contributed by atoms with E-state index in [1.54, 1.807) is 13.0 Å².